The maximum atomic E-state index is 14.0. The molecule has 34 heavy (non-hydrogen) atoms. The SMILES string of the molecule is COc1ccc(-c2nccc(C3CCCN3C(=O)C(C)(C)NC(=O)c3ccccc3F)n2)cc1. The van der Waals surface area contributed by atoms with E-state index >= 15 is 0 Å². The second kappa shape index (κ2) is 9.59. The molecule has 0 spiro atoms. The van der Waals surface area contributed by atoms with Crippen LogP contribution in [0.3, 0.4) is 0 Å². The van der Waals surface area contributed by atoms with Crippen molar-refractivity contribution in [1.29, 1.82) is 0 Å². The van der Waals surface area contributed by atoms with Crippen LogP contribution in [0.15, 0.2) is 60.8 Å². The van der Waals surface area contributed by atoms with Crippen LogP contribution in [-0.2, 0) is 4.79 Å². The number of amides is 2. The number of methoxy groups -OCH3 is 1. The van der Waals surface area contributed by atoms with Gasteiger partial charge in [-0.1, -0.05) is 12.1 Å². The van der Waals surface area contributed by atoms with Gasteiger partial charge in [-0.2, -0.15) is 0 Å². The molecule has 2 aromatic carbocycles. The van der Waals surface area contributed by atoms with Crippen LogP contribution in [0.4, 0.5) is 4.39 Å². The van der Waals surface area contributed by atoms with E-state index in [9.17, 15) is 14.0 Å². The van der Waals surface area contributed by atoms with E-state index in [0.717, 1.165) is 29.8 Å². The molecule has 4 rings (SSSR count). The van der Waals surface area contributed by atoms with Gasteiger partial charge in [0.1, 0.15) is 17.1 Å². The van der Waals surface area contributed by atoms with Gasteiger partial charge in [0.2, 0.25) is 5.91 Å². The predicted octanol–water partition coefficient (Wildman–Crippen LogP) is 4.16. The van der Waals surface area contributed by atoms with E-state index in [2.05, 4.69) is 10.3 Å². The first kappa shape index (κ1) is 23.4. The van der Waals surface area contributed by atoms with Crippen LogP contribution in [0.2, 0.25) is 0 Å². The van der Waals surface area contributed by atoms with E-state index in [-0.39, 0.29) is 17.5 Å². The van der Waals surface area contributed by atoms with Gasteiger partial charge in [0.25, 0.3) is 5.91 Å². The molecule has 2 amide bonds. The highest BCUT2D eigenvalue weighted by molar-refractivity contribution is 5.99. The van der Waals surface area contributed by atoms with Crippen molar-refractivity contribution in [3.8, 4) is 17.1 Å². The summed E-state index contributed by atoms with van der Waals surface area (Å²) in [4.78, 5) is 37.0. The monoisotopic (exact) mass is 462 g/mol. The minimum atomic E-state index is -1.23. The molecule has 1 fully saturated rings. The van der Waals surface area contributed by atoms with Crippen LogP contribution in [0, 0.1) is 5.82 Å². The first-order valence-electron chi connectivity index (χ1n) is 11.2. The lowest BCUT2D eigenvalue weighted by atomic mass is 10.0. The minimum Gasteiger partial charge on any atom is -0.497 e. The number of benzene rings is 2. The number of likely N-dealkylation sites (tertiary alicyclic amines) is 1. The Hall–Kier alpha value is -3.81. The number of hydrogen-bond acceptors (Lipinski definition) is 5. The third-order valence-corrected chi connectivity index (χ3v) is 5.96. The quantitative estimate of drug-likeness (QED) is 0.595. The van der Waals surface area contributed by atoms with Gasteiger partial charge in [-0.05, 0) is 69.2 Å². The Kier molecular flexibility index (Phi) is 6.58. The number of ether oxygens (including phenoxy) is 1. The number of hydrogen-bond donors (Lipinski definition) is 1. The van der Waals surface area contributed by atoms with E-state index in [1.807, 2.05) is 30.3 Å². The number of carbonyl (C=O) groups excluding carboxylic acids is 2. The molecule has 1 aliphatic heterocycles. The molecule has 1 aromatic heterocycles. The maximum Gasteiger partial charge on any atom is 0.255 e. The normalized spacial score (nSPS) is 15.8. The Morgan fingerprint density at radius 1 is 1.12 bits per heavy atom. The first-order chi connectivity index (χ1) is 16.3. The Labute approximate surface area is 198 Å². The van der Waals surface area contributed by atoms with E-state index in [1.165, 1.54) is 18.2 Å². The largest absolute Gasteiger partial charge is 0.497 e. The summed E-state index contributed by atoms with van der Waals surface area (Å²) >= 11 is 0. The van der Waals surface area contributed by atoms with E-state index < -0.39 is 17.3 Å². The van der Waals surface area contributed by atoms with Gasteiger partial charge in [-0.3, -0.25) is 9.59 Å². The Balaban J connectivity index is 1.54. The zero-order valence-corrected chi connectivity index (χ0v) is 19.4. The van der Waals surface area contributed by atoms with Crippen molar-refractivity contribution in [2.24, 2.45) is 0 Å². The van der Waals surface area contributed by atoms with Gasteiger partial charge < -0.3 is 15.0 Å². The van der Waals surface area contributed by atoms with Crippen molar-refractivity contribution >= 4 is 11.8 Å². The smallest absolute Gasteiger partial charge is 0.255 e. The van der Waals surface area contributed by atoms with Crippen LogP contribution in [0.25, 0.3) is 11.4 Å². The number of nitrogens with zero attached hydrogens (tertiary/aromatic N) is 3. The highest BCUT2D eigenvalue weighted by Crippen LogP contribution is 2.33. The molecule has 0 saturated carbocycles. The van der Waals surface area contributed by atoms with Gasteiger partial charge in [0, 0.05) is 18.3 Å². The standard InChI is InChI=1S/C26H27FN4O3/c1-26(2,30-24(32)19-7-4-5-8-20(19)27)25(33)31-16-6-9-22(31)21-14-15-28-23(29-21)17-10-12-18(34-3)13-11-17/h4-5,7-8,10-15,22H,6,9,16H2,1-3H3,(H,30,32). The lowest BCUT2D eigenvalue weighted by molar-refractivity contribution is -0.137. The third kappa shape index (κ3) is 4.76. The Morgan fingerprint density at radius 2 is 1.85 bits per heavy atom. The molecule has 0 aliphatic carbocycles. The molecule has 1 aliphatic rings. The topological polar surface area (TPSA) is 84.4 Å². The highest BCUT2D eigenvalue weighted by atomic mass is 19.1. The summed E-state index contributed by atoms with van der Waals surface area (Å²) in [6, 6.07) is 14.7. The number of carbonyl (C=O) groups is 2. The van der Waals surface area contributed by atoms with Gasteiger partial charge in [0.05, 0.1) is 24.4 Å². The summed E-state index contributed by atoms with van der Waals surface area (Å²) in [6.07, 6.45) is 3.26. The molecule has 8 heteroatoms. The second-order valence-corrected chi connectivity index (χ2v) is 8.75. The summed E-state index contributed by atoms with van der Waals surface area (Å²) in [6.45, 7) is 3.81. The molecular formula is C26H27FN4O3. The van der Waals surface area contributed by atoms with Crippen molar-refractivity contribution in [2.45, 2.75) is 38.3 Å². The summed E-state index contributed by atoms with van der Waals surface area (Å²) < 4.78 is 19.3. The van der Waals surface area contributed by atoms with Crippen molar-refractivity contribution in [2.75, 3.05) is 13.7 Å². The molecule has 0 radical (unpaired) electrons. The number of halogens is 1. The molecule has 1 N–H and O–H groups in total. The van der Waals surface area contributed by atoms with Crippen molar-refractivity contribution in [1.82, 2.24) is 20.2 Å². The molecule has 1 saturated heterocycles. The summed E-state index contributed by atoms with van der Waals surface area (Å²) in [5.74, 6) is -0.201. The van der Waals surface area contributed by atoms with Crippen LogP contribution >= 0.6 is 0 Å². The van der Waals surface area contributed by atoms with E-state index in [0.29, 0.717) is 12.4 Å². The fourth-order valence-electron chi connectivity index (χ4n) is 4.16. The zero-order valence-electron chi connectivity index (χ0n) is 19.4. The molecule has 0 bridgehead atoms. The molecule has 1 atom stereocenters. The van der Waals surface area contributed by atoms with Gasteiger partial charge in [-0.25, -0.2) is 14.4 Å². The Bertz CT molecular complexity index is 1200. The number of nitrogens with one attached hydrogen (secondary N) is 1. The van der Waals surface area contributed by atoms with Crippen molar-refractivity contribution < 1.29 is 18.7 Å². The zero-order chi connectivity index (χ0) is 24.3. The number of rotatable bonds is 6. The second-order valence-electron chi connectivity index (χ2n) is 8.75. The van der Waals surface area contributed by atoms with Crippen molar-refractivity contribution in [3.63, 3.8) is 0 Å². The minimum absolute atomic E-state index is 0.0960. The molecule has 1 unspecified atom stereocenters. The van der Waals surface area contributed by atoms with E-state index in [1.54, 1.807) is 38.1 Å². The molecule has 7 nitrogen and oxygen atoms in total. The van der Waals surface area contributed by atoms with Crippen LogP contribution in [0.1, 0.15) is 48.8 Å². The molecule has 176 valence electrons. The maximum absolute atomic E-state index is 14.0. The van der Waals surface area contributed by atoms with Crippen LogP contribution in [0.5, 0.6) is 5.75 Å². The first-order valence-corrected chi connectivity index (χ1v) is 11.2. The van der Waals surface area contributed by atoms with Crippen LogP contribution in [-0.4, -0.2) is 45.9 Å². The molecule has 3 aromatic rings. The predicted molar refractivity (Wildman–Crippen MR) is 126 cm³/mol. The number of aromatic nitrogens is 2. The fourth-order valence-corrected chi connectivity index (χ4v) is 4.16. The Morgan fingerprint density at radius 3 is 2.56 bits per heavy atom. The summed E-state index contributed by atoms with van der Waals surface area (Å²) in [7, 11) is 1.61. The van der Waals surface area contributed by atoms with Crippen LogP contribution < -0.4 is 10.1 Å². The molecular weight excluding hydrogens is 435 g/mol. The van der Waals surface area contributed by atoms with Gasteiger partial charge in [-0.15, -0.1) is 0 Å². The average Bonchev–Trinajstić information content (AvgIpc) is 3.33. The lowest BCUT2D eigenvalue weighted by Gasteiger charge is -2.33. The van der Waals surface area contributed by atoms with Gasteiger partial charge >= 0.3 is 0 Å². The molecule has 2 heterocycles. The lowest BCUT2D eigenvalue weighted by Crippen LogP contribution is -2.55. The summed E-state index contributed by atoms with van der Waals surface area (Å²) in [5.41, 5.74) is 0.258. The van der Waals surface area contributed by atoms with Crippen molar-refractivity contribution in [3.05, 3.63) is 77.9 Å². The highest BCUT2D eigenvalue weighted by Gasteiger charge is 2.40. The van der Waals surface area contributed by atoms with E-state index in [4.69, 9.17) is 9.72 Å². The summed E-state index contributed by atoms with van der Waals surface area (Å²) in [5, 5.41) is 2.70. The third-order valence-electron chi connectivity index (χ3n) is 5.96. The van der Waals surface area contributed by atoms with Gasteiger partial charge in [0.15, 0.2) is 5.82 Å². The average molecular weight is 463 g/mol. The fraction of sp³-hybridized carbons (Fsp3) is 0.308.